The molecule has 3 aromatic heterocycles. The van der Waals surface area contributed by atoms with E-state index in [0.717, 1.165) is 29.2 Å². The van der Waals surface area contributed by atoms with E-state index in [2.05, 4.69) is 58.6 Å². The summed E-state index contributed by atoms with van der Waals surface area (Å²) >= 11 is 3.14. The van der Waals surface area contributed by atoms with E-state index in [-0.39, 0.29) is 11.8 Å². The minimum Gasteiger partial charge on any atom is -0.365 e. The number of thiophene rings is 2. The number of carbonyl (C=O) groups excluding carboxylic acids is 1. The molecule has 5 N–H and O–H groups in total. The van der Waals surface area contributed by atoms with Gasteiger partial charge in [0, 0.05) is 9.75 Å². The fourth-order valence-electron chi connectivity index (χ4n) is 2.73. The molecule has 4 rings (SSSR count). The highest BCUT2D eigenvalue weighted by molar-refractivity contribution is 7.15. The van der Waals surface area contributed by atoms with Crippen LogP contribution in [0.4, 0.5) is 0 Å². The maximum absolute atomic E-state index is 11.5. The lowest BCUT2D eigenvalue weighted by molar-refractivity contribution is 0.100. The molecule has 29 heavy (non-hydrogen) atoms. The topological polar surface area (TPSA) is 124 Å². The van der Waals surface area contributed by atoms with Crippen LogP contribution in [0.3, 0.4) is 0 Å². The number of carbonyl (C=O) groups is 1. The summed E-state index contributed by atoms with van der Waals surface area (Å²) in [6.07, 6.45) is 1.85. The molecule has 0 bridgehead atoms. The van der Waals surface area contributed by atoms with Crippen molar-refractivity contribution < 1.29 is 4.79 Å². The van der Waals surface area contributed by atoms with Gasteiger partial charge < -0.3 is 11.5 Å². The quantitative estimate of drug-likeness (QED) is 0.561. The summed E-state index contributed by atoms with van der Waals surface area (Å²) < 4.78 is 0. The summed E-state index contributed by atoms with van der Waals surface area (Å²) in [7, 11) is 1.50. The molecule has 1 aliphatic rings. The highest BCUT2D eigenvalue weighted by Gasteiger charge is 2.31. The zero-order valence-corrected chi connectivity index (χ0v) is 19.7. The minimum absolute atomic E-state index is 0.0608. The molecule has 1 amide bonds. The van der Waals surface area contributed by atoms with Crippen LogP contribution >= 0.6 is 22.7 Å². The first-order chi connectivity index (χ1) is 14.0. The number of hydrogen-bond donors (Lipinski definition) is 3. The van der Waals surface area contributed by atoms with Crippen molar-refractivity contribution in [1.29, 1.82) is 0 Å². The van der Waals surface area contributed by atoms with E-state index in [1.54, 1.807) is 11.3 Å². The molecule has 1 aliphatic carbocycles. The van der Waals surface area contributed by atoms with Gasteiger partial charge in [0.1, 0.15) is 0 Å². The van der Waals surface area contributed by atoms with Crippen LogP contribution in [0.15, 0.2) is 17.5 Å². The number of rotatable bonds is 2. The number of aryl methyl sites for hydroxylation is 2. The van der Waals surface area contributed by atoms with Crippen molar-refractivity contribution in [2.45, 2.75) is 53.4 Å². The number of fused-ring (bicyclic) bond motifs is 2. The molecule has 7 nitrogen and oxygen atoms in total. The van der Waals surface area contributed by atoms with Gasteiger partial charge in [-0.2, -0.15) is 5.21 Å². The molecule has 160 valence electrons. The van der Waals surface area contributed by atoms with Gasteiger partial charge in [-0.3, -0.25) is 4.79 Å². The van der Waals surface area contributed by atoms with Crippen LogP contribution < -0.4 is 11.5 Å². The van der Waals surface area contributed by atoms with E-state index in [9.17, 15) is 4.79 Å². The van der Waals surface area contributed by atoms with E-state index in [1.807, 2.05) is 19.9 Å². The first-order valence-electron chi connectivity index (χ1n) is 9.77. The van der Waals surface area contributed by atoms with E-state index < -0.39 is 0 Å². The smallest absolute Gasteiger partial charge is 0.258 e. The monoisotopic (exact) mass is 436 g/mol. The predicted octanol–water partition coefficient (Wildman–Crippen LogP) is 3.96. The van der Waals surface area contributed by atoms with E-state index in [1.165, 1.54) is 28.8 Å². The molecule has 1 atom stereocenters. The number of nitrogens with zero attached hydrogens (tertiary/aromatic N) is 3. The fraction of sp³-hybridized carbons (Fsp3) is 0.500. The number of amides is 1. The number of nitrogens with one attached hydrogen (secondary N) is 1. The lowest BCUT2D eigenvalue weighted by Crippen LogP contribution is -2.08. The second-order valence-corrected chi connectivity index (χ2v) is 8.64. The summed E-state index contributed by atoms with van der Waals surface area (Å²) in [5.74, 6) is 1.03. The Hall–Kier alpha value is -2.10. The molecule has 9 heteroatoms. The third kappa shape index (κ3) is 6.45. The van der Waals surface area contributed by atoms with Crippen molar-refractivity contribution in [2.24, 2.45) is 17.4 Å². The Bertz CT molecular complexity index is 852. The maximum atomic E-state index is 11.5. The third-order valence-corrected chi connectivity index (χ3v) is 5.95. The highest BCUT2D eigenvalue weighted by atomic mass is 32.1. The Balaban J connectivity index is 0.000000463. The number of aromatic amines is 1. The largest absolute Gasteiger partial charge is 0.365 e. The van der Waals surface area contributed by atoms with Crippen LogP contribution in [-0.2, 0) is 12.8 Å². The Morgan fingerprint density at radius 3 is 2.34 bits per heavy atom. The van der Waals surface area contributed by atoms with Crippen molar-refractivity contribution >= 4 is 28.6 Å². The molecule has 0 saturated carbocycles. The summed E-state index contributed by atoms with van der Waals surface area (Å²) in [6, 6.07) is 4.06. The molecular formula is C20H32N6OS2. The first kappa shape index (κ1) is 24.9. The number of aromatic nitrogens is 4. The highest BCUT2D eigenvalue weighted by Crippen LogP contribution is 2.43. The van der Waals surface area contributed by atoms with Crippen LogP contribution in [0.1, 0.15) is 76.9 Å². The van der Waals surface area contributed by atoms with Gasteiger partial charge in [-0.15, -0.1) is 32.9 Å². The predicted molar refractivity (Wildman–Crippen MR) is 122 cm³/mol. The molecule has 0 aliphatic heterocycles. The Morgan fingerprint density at radius 2 is 1.79 bits per heavy atom. The second kappa shape index (κ2) is 12.5. The van der Waals surface area contributed by atoms with Crippen LogP contribution in [0.5, 0.6) is 0 Å². The van der Waals surface area contributed by atoms with Crippen molar-refractivity contribution in [1.82, 2.24) is 20.6 Å². The zero-order chi connectivity index (χ0) is 22.0. The van der Waals surface area contributed by atoms with Crippen LogP contribution in [0, 0.1) is 5.92 Å². The van der Waals surface area contributed by atoms with Gasteiger partial charge in [-0.25, -0.2) is 0 Å². The number of primary amides is 1. The van der Waals surface area contributed by atoms with E-state index >= 15 is 0 Å². The molecule has 0 fully saturated rings. The van der Waals surface area contributed by atoms with Gasteiger partial charge in [0.05, 0.1) is 10.8 Å². The van der Waals surface area contributed by atoms with Crippen molar-refractivity contribution in [3.8, 4) is 0 Å². The molecule has 0 aromatic carbocycles. The Morgan fingerprint density at radius 1 is 1.17 bits per heavy atom. The standard InChI is InChI=1S/C13H11N5OS2.C4H10.C2H6.CH5N/c14-12(19)8-5-7-2-1-6-3-4-20-10(6)9(11(7)21-8)13-15-17-18-16-13;1-4(2)3;2*1-2/h3-5,9H,1-2H2,(H2,14,19)(H,15,16,17,18);4H,1-3H3;1-2H3;2H2,1H3. The lowest BCUT2D eigenvalue weighted by Gasteiger charge is -2.10. The van der Waals surface area contributed by atoms with Gasteiger partial charge in [-0.1, -0.05) is 39.8 Å². The van der Waals surface area contributed by atoms with Crippen molar-refractivity contribution in [2.75, 3.05) is 7.05 Å². The van der Waals surface area contributed by atoms with Crippen molar-refractivity contribution in [3.63, 3.8) is 0 Å². The summed E-state index contributed by atoms with van der Waals surface area (Å²) in [5, 5.41) is 16.6. The number of hydrogen-bond acceptors (Lipinski definition) is 7. The van der Waals surface area contributed by atoms with Crippen LogP contribution in [0.2, 0.25) is 0 Å². The number of H-pyrrole nitrogens is 1. The summed E-state index contributed by atoms with van der Waals surface area (Å²) in [4.78, 5) is 14.4. The van der Waals surface area contributed by atoms with Crippen molar-refractivity contribution in [3.05, 3.63) is 49.1 Å². The van der Waals surface area contributed by atoms with E-state index in [0.29, 0.717) is 10.7 Å². The van der Waals surface area contributed by atoms with Gasteiger partial charge in [-0.05, 0) is 54.4 Å². The molecule has 0 saturated heterocycles. The second-order valence-electron chi connectivity index (χ2n) is 6.61. The average molecular weight is 437 g/mol. The SMILES string of the molecule is CC.CC(C)C.CN.NC(=O)c1cc2c(s1)C(c1nn[nH]n1)c1sccc1CC2. The molecule has 0 spiro atoms. The fourth-order valence-corrected chi connectivity index (χ4v) is 5.03. The van der Waals surface area contributed by atoms with Gasteiger partial charge in [0.2, 0.25) is 0 Å². The molecule has 3 aromatic rings. The molecule has 3 heterocycles. The maximum Gasteiger partial charge on any atom is 0.258 e. The summed E-state index contributed by atoms with van der Waals surface area (Å²) in [5.41, 5.74) is 12.4. The summed E-state index contributed by atoms with van der Waals surface area (Å²) in [6.45, 7) is 10.5. The average Bonchev–Trinajstić information content (AvgIpc) is 3.45. The Labute approximate surface area is 180 Å². The van der Waals surface area contributed by atoms with Gasteiger partial charge >= 0.3 is 0 Å². The third-order valence-electron chi connectivity index (χ3n) is 3.67. The minimum atomic E-state index is -0.383. The molecule has 1 unspecified atom stereocenters. The number of tetrazole rings is 1. The van der Waals surface area contributed by atoms with Crippen LogP contribution in [-0.4, -0.2) is 33.6 Å². The first-order valence-corrected chi connectivity index (χ1v) is 11.5. The van der Waals surface area contributed by atoms with Gasteiger partial charge in [0.15, 0.2) is 5.82 Å². The van der Waals surface area contributed by atoms with Gasteiger partial charge in [0.25, 0.3) is 5.91 Å². The molecular weight excluding hydrogens is 404 g/mol. The zero-order valence-electron chi connectivity index (χ0n) is 18.0. The molecule has 0 radical (unpaired) electrons. The number of nitrogens with two attached hydrogens (primary N) is 2. The lowest BCUT2D eigenvalue weighted by atomic mass is 10.0. The normalized spacial score (nSPS) is 14.0. The Kier molecular flexibility index (Phi) is 10.7. The van der Waals surface area contributed by atoms with E-state index in [4.69, 9.17) is 5.73 Å². The van der Waals surface area contributed by atoms with Crippen LogP contribution in [0.25, 0.3) is 0 Å².